The number of amidine groups is 1. The second kappa shape index (κ2) is 7.34. The summed E-state index contributed by atoms with van der Waals surface area (Å²) in [5.41, 5.74) is 1.84. The van der Waals surface area contributed by atoms with Crippen LogP contribution in [0.25, 0.3) is 0 Å². The molecule has 2 aromatic carbocycles. The molecule has 4 rings (SSSR count). The van der Waals surface area contributed by atoms with E-state index in [4.69, 9.17) is 0 Å². The van der Waals surface area contributed by atoms with Gasteiger partial charge in [0.25, 0.3) is 11.7 Å². The number of carbonyl (C=O) groups is 1. The van der Waals surface area contributed by atoms with E-state index in [-0.39, 0.29) is 18.0 Å². The maximum absolute atomic E-state index is 13.3. The van der Waals surface area contributed by atoms with Gasteiger partial charge < -0.3 is 10.4 Å². The van der Waals surface area contributed by atoms with E-state index in [1.54, 1.807) is 17.2 Å². The van der Waals surface area contributed by atoms with Gasteiger partial charge in [0.05, 0.1) is 6.61 Å². The van der Waals surface area contributed by atoms with Crippen LogP contribution in [0.1, 0.15) is 5.56 Å². The largest absolute Gasteiger partial charge is 0.392 e. The van der Waals surface area contributed by atoms with Crippen LogP contribution in [0.5, 0.6) is 0 Å². The highest BCUT2D eigenvalue weighted by molar-refractivity contribution is 6.10. The minimum absolute atomic E-state index is 0.0199. The van der Waals surface area contributed by atoms with Gasteiger partial charge >= 0.3 is 0 Å². The van der Waals surface area contributed by atoms with Gasteiger partial charge in [-0.05, 0) is 29.8 Å². The molecule has 0 aromatic heterocycles. The van der Waals surface area contributed by atoms with Gasteiger partial charge in [-0.2, -0.15) is 4.99 Å². The molecule has 0 saturated carbocycles. The maximum atomic E-state index is 13.3. The van der Waals surface area contributed by atoms with Crippen molar-refractivity contribution in [2.45, 2.75) is 6.61 Å². The SMILES string of the molecule is O=C(Nc1cc(F)cc(F)c1)C1=C[N+]2CN(c3cccc(CO)c3)C=CC2=N1. The van der Waals surface area contributed by atoms with Crippen LogP contribution in [-0.4, -0.2) is 23.5 Å². The van der Waals surface area contributed by atoms with E-state index in [0.29, 0.717) is 12.5 Å². The van der Waals surface area contributed by atoms with Gasteiger partial charge in [0.2, 0.25) is 6.67 Å². The minimum atomic E-state index is -0.775. The van der Waals surface area contributed by atoms with Gasteiger partial charge in [0, 0.05) is 29.7 Å². The first kappa shape index (κ1) is 18.0. The van der Waals surface area contributed by atoms with E-state index in [1.807, 2.05) is 35.4 Å². The molecular weight excluding hydrogens is 366 g/mol. The van der Waals surface area contributed by atoms with Crippen LogP contribution in [-0.2, 0) is 11.4 Å². The average molecular weight is 382 g/mol. The van der Waals surface area contributed by atoms with Crippen LogP contribution >= 0.6 is 0 Å². The number of amides is 1. The summed E-state index contributed by atoms with van der Waals surface area (Å²) < 4.78 is 26.6. The van der Waals surface area contributed by atoms with Crippen molar-refractivity contribution in [3.63, 3.8) is 0 Å². The summed E-state index contributed by atoms with van der Waals surface area (Å²) in [6.45, 7) is 0.377. The van der Waals surface area contributed by atoms with Crippen molar-refractivity contribution in [1.29, 1.82) is 0 Å². The van der Waals surface area contributed by atoms with Crippen LogP contribution in [0, 0.1) is 11.6 Å². The zero-order valence-corrected chi connectivity index (χ0v) is 14.6. The third-order valence-corrected chi connectivity index (χ3v) is 4.29. The zero-order chi connectivity index (χ0) is 19.7. The number of nitrogens with one attached hydrogen (secondary N) is 1. The summed E-state index contributed by atoms with van der Waals surface area (Å²) in [7, 11) is 0. The summed E-state index contributed by atoms with van der Waals surface area (Å²) >= 11 is 0. The number of fused-ring (bicyclic) bond motifs is 1. The molecule has 6 nitrogen and oxygen atoms in total. The Labute approximate surface area is 159 Å². The van der Waals surface area contributed by atoms with Crippen molar-refractivity contribution >= 4 is 23.1 Å². The van der Waals surface area contributed by atoms with E-state index >= 15 is 0 Å². The fraction of sp³-hybridized carbons (Fsp3) is 0.100. The van der Waals surface area contributed by atoms with E-state index < -0.39 is 17.5 Å². The van der Waals surface area contributed by atoms with Crippen molar-refractivity contribution in [3.05, 3.63) is 83.8 Å². The summed E-state index contributed by atoms with van der Waals surface area (Å²) in [5, 5.41) is 11.7. The number of aliphatic hydroxyl groups excluding tert-OH is 1. The second-order valence-electron chi connectivity index (χ2n) is 6.32. The van der Waals surface area contributed by atoms with Crippen molar-refractivity contribution in [2.24, 2.45) is 4.99 Å². The average Bonchev–Trinajstić information content (AvgIpc) is 3.10. The summed E-state index contributed by atoms with van der Waals surface area (Å²) in [6.07, 6.45) is 5.17. The first-order chi connectivity index (χ1) is 13.5. The predicted octanol–water partition coefficient (Wildman–Crippen LogP) is 2.78. The van der Waals surface area contributed by atoms with Gasteiger partial charge in [-0.3, -0.25) is 9.69 Å². The number of benzene rings is 2. The number of hydrogen-bond acceptors (Lipinski definition) is 5. The minimum Gasteiger partial charge on any atom is -0.392 e. The molecule has 2 N–H and O–H groups in total. The van der Waals surface area contributed by atoms with Gasteiger partial charge in [-0.15, -0.1) is 0 Å². The van der Waals surface area contributed by atoms with E-state index in [0.717, 1.165) is 29.4 Å². The Morgan fingerprint density at radius 1 is 1.21 bits per heavy atom. The Hall–Kier alpha value is -3.36. The lowest BCUT2D eigenvalue weighted by Crippen LogP contribution is -2.41. The molecule has 0 unspecified atom stereocenters. The van der Waals surface area contributed by atoms with Crippen LogP contribution in [0.15, 0.2) is 71.6 Å². The summed E-state index contributed by atoms with van der Waals surface area (Å²) in [5.74, 6) is -1.52. The Morgan fingerprint density at radius 2 is 2.00 bits per heavy atom. The molecule has 0 bridgehead atoms. The highest BCUT2D eigenvalue weighted by Gasteiger charge is 2.35. The molecule has 2 heterocycles. The van der Waals surface area contributed by atoms with Gasteiger partial charge in [0.1, 0.15) is 11.6 Å². The van der Waals surface area contributed by atoms with Crippen LogP contribution in [0.3, 0.4) is 0 Å². The van der Waals surface area contributed by atoms with Gasteiger partial charge in [-0.25, -0.2) is 8.78 Å². The fourth-order valence-electron chi connectivity index (χ4n) is 2.98. The highest BCUT2D eigenvalue weighted by Crippen LogP contribution is 2.23. The number of carbonyl (C=O) groups excluding carboxylic acids is 1. The molecule has 1 radical (unpaired) electrons. The number of nitrogens with zero attached hydrogens (tertiary/aromatic N) is 3. The molecular formula is C20H16F2N4O2+. The lowest BCUT2D eigenvalue weighted by Gasteiger charge is -2.22. The van der Waals surface area contributed by atoms with Crippen LogP contribution < -0.4 is 15.1 Å². The third kappa shape index (κ3) is 3.68. The van der Waals surface area contributed by atoms with Crippen molar-refractivity contribution in [1.82, 2.24) is 4.90 Å². The summed E-state index contributed by atoms with van der Waals surface area (Å²) in [6, 6.07) is 10.3. The standard InChI is InChI=1S/C20H16F2N4O2/c21-14-7-15(22)9-16(8-14)23-20(28)18-10-26-12-25(5-4-19(26)24-18)17-3-1-2-13(6-17)11-27/h1-10,27H,11-12H2,(H,23,28)/q+1. The number of halogens is 2. The summed E-state index contributed by atoms with van der Waals surface area (Å²) in [4.78, 5) is 20.4. The Bertz CT molecular complexity index is 1010. The normalized spacial score (nSPS) is 15.9. The number of aliphatic imine (C=N–C) groups is 1. The van der Waals surface area contributed by atoms with Crippen molar-refractivity contribution in [3.8, 4) is 0 Å². The Balaban J connectivity index is 1.49. The molecule has 0 spiro atoms. The number of aliphatic hydroxyl groups is 1. The molecule has 1 amide bonds. The molecule has 2 aliphatic rings. The molecule has 2 aromatic rings. The molecule has 0 atom stereocenters. The topological polar surface area (TPSA) is 70.8 Å². The first-order valence-electron chi connectivity index (χ1n) is 8.51. The van der Waals surface area contributed by atoms with Crippen molar-refractivity contribution < 1.29 is 18.7 Å². The highest BCUT2D eigenvalue weighted by atomic mass is 19.1. The Kier molecular flexibility index (Phi) is 4.72. The molecule has 28 heavy (non-hydrogen) atoms. The van der Waals surface area contributed by atoms with Crippen molar-refractivity contribution in [2.75, 3.05) is 16.9 Å². The lowest BCUT2D eigenvalue weighted by molar-refractivity contribution is -0.112. The first-order valence-corrected chi connectivity index (χ1v) is 8.51. The van der Waals surface area contributed by atoms with Gasteiger partial charge in [0.15, 0.2) is 11.9 Å². The third-order valence-electron chi connectivity index (χ3n) is 4.29. The lowest BCUT2D eigenvalue weighted by atomic mass is 10.2. The maximum Gasteiger partial charge on any atom is 0.285 e. The van der Waals surface area contributed by atoms with E-state index in [9.17, 15) is 18.7 Å². The molecule has 8 heteroatoms. The fourth-order valence-corrected chi connectivity index (χ4v) is 2.98. The Morgan fingerprint density at radius 3 is 2.75 bits per heavy atom. The van der Waals surface area contributed by atoms with E-state index in [1.165, 1.54) is 0 Å². The monoisotopic (exact) mass is 382 g/mol. The molecule has 0 saturated heterocycles. The number of anilines is 2. The smallest absolute Gasteiger partial charge is 0.285 e. The zero-order valence-electron chi connectivity index (χ0n) is 14.6. The molecule has 2 aliphatic heterocycles. The van der Waals surface area contributed by atoms with Crippen LogP contribution in [0.4, 0.5) is 20.2 Å². The predicted molar refractivity (Wildman–Crippen MR) is 101 cm³/mol. The van der Waals surface area contributed by atoms with Gasteiger partial charge in [-0.1, -0.05) is 17.0 Å². The second-order valence-corrected chi connectivity index (χ2v) is 6.32. The number of hydrogen-bond donors (Lipinski definition) is 2. The number of rotatable bonds is 4. The van der Waals surface area contributed by atoms with Crippen LogP contribution in [0.2, 0.25) is 0 Å². The molecule has 141 valence electrons. The molecule has 0 fully saturated rings. The molecule has 0 aliphatic carbocycles. The quantitative estimate of drug-likeness (QED) is 0.799. The van der Waals surface area contributed by atoms with E-state index in [2.05, 4.69) is 10.3 Å².